The summed E-state index contributed by atoms with van der Waals surface area (Å²) in [4.78, 5) is 16.2. The first kappa shape index (κ1) is 16.1. The quantitative estimate of drug-likeness (QED) is 0.853. The predicted octanol–water partition coefficient (Wildman–Crippen LogP) is 2.28. The van der Waals surface area contributed by atoms with Crippen LogP contribution in [0.4, 0.5) is 0 Å². The van der Waals surface area contributed by atoms with E-state index < -0.39 is 0 Å². The van der Waals surface area contributed by atoms with Crippen molar-refractivity contribution in [1.82, 2.24) is 14.9 Å². The smallest absolute Gasteiger partial charge is 0.220 e. The number of carbonyl (C=O) groups excluding carboxylic acids is 1. The van der Waals surface area contributed by atoms with Crippen LogP contribution in [-0.4, -0.2) is 29.1 Å². The van der Waals surface area contributed by atoms with Gasteiger partial charge in [-0.3, -0.25) is 4.79 Å². The molecule has 0 radical (unpaired) electrons. The molecule has 1 atom stereocenters. The first-order valence-corrected chi connectivity index (χ1v) is 7.46. The van der Waals surface area contributed by atoms with Crippen LogP contribution in [0.3, 0.4) is 0 Å². The number of rotatable bonds is 7. The zero-order chi connectivity index (χ0) is 15.9. The Labute approximate surface area is 131 Å². The molecule has 22 heavy (non-hydrogen) atoms. The Balaban J connectivity index is 1.75. The molecule has 2 aromatic rings. The maximum Gasteiger partial charge on any atom is 0.220 e. The van der Waals surface area contributed by atoms with Gasteiger partial charge in [0.2, 0.25) is 5.91 Å². The third kappa shape index (κ3) is 4.62. The molecule has 5 heteroatoms. The third-order valence-corrected chi connectivity index (χ3v) is 3.64. The van der Waals surface area contributed by atoms with E-state index in [0.717, 1.165) is 23.4 Å². The molecule has 0 bridgehead atoms. The van der Waals surface area contributed by atoms with E-state index in [1.807, 2.05) is 42.1 Å². The minimum absolute atomic E-state index is 0.0687. The highest BCUT2D eigenvalue weighted by molar-refractivity contribution is 5.76. The van der Waals surface area contributed by atoms with Gasteiger partial charge in [0.1, 0.15) is 5.75 Å². The molecule has 1 unspecified atom stereocenters. The molecule has 1 amide bonds. The number of nitrogens with zero attached hydrogens (tertiary/aromatic N) is 2. The first-order valence-electron chi connectivity index (χ1n) is 7.46. The van der Waals surface area contributed by atoms with E-state index in [4.69, 9.17) is 4.74 Å². The number of methoxy groups -OCH3 is 1. The molecule has 1 aromatic carbocycles. The number of hydrogen-bond donors (Lipinski definition) is 1. The maximum atomic E-state index is 12.0. The van der Waals surface area contributed by atoms with Crippen molar-refractivity contribution in [2.24, 2.45) is 7.05 Å². The monoisotopic (exact) mass is 301 g/mol. The van der Waals surface area contributed by atoms with Crippen LogP contribution in [0.15, 0.2) is 36.8 Å². The summed E-state index contributed by atoms with van der Waals surface area (Å²) >= 11 is 0. The van der Waals surface area contributed by atoms with Crippen molar-refractivity contribution in [1.29, 1.82) is 0 Å². The summed E-state index contributed by atoms with van der Waals surface area (Å²) in [6.45, 7) is 2.67. The number of ether oxygens (including phenoxy) is 1. The summed E-state index contributed by atoms with van der Waals surface area (Å²) < 4.78 is 7.05. The van der Waals surface area contributed by atoms with Crippen molar-refractivity contribution >= 4 is 5.91 Å². The lowest BCUT2D eigenvalue weighted by atomic mass is 9.97. The zero-order valence-electron chi connectivity index (χ0n) is 13.4. The lowest BCUT2D eigenvalue weighted by molar-refractivity contribution is -0.121. The number of aromatic nitrogens is 2. The van der Waals surface area contributed by atoms with Crippen molar-refractivity contribution in [3.8, 4) is 5.75 Å². The Morgan fingerprint density at radius 3 is 2.68 bits per heavy atom. The molecular weight excluding hydrogens is 278 g/mol. The van der Waals surface area contributed by atoms with Gasteiger partial charge in [-0.2, -0.15) is 0 Å². The second-order valence-electron chi connectivity index (χ2n) is 5.51. The number of amides is 1. The number of aryl methyl sites for hydroxylation is 1. The Bertz CT molecular complexity index is 605. The van der Waals surface area contributed by atoms with Crippen molar-refractivity contribution < 1.29 is 9.53 Å². The molecule has 0 aliphatic carbocycles. The standard InChI is InChI=1S/C17H23N3O2/c1-13(14-4-6-16(22-3)7-5-14)10-17(21)18-9-8-15-11-20(2)12-19-15/h4-7,11-13H,8-10H2,1-3H3,(H,18,21). The number of carbonyl (C=O) groups is 1. The molecule has 0 aliphatic rings. The molecule has 1 N–H and O–H groups in total. The van der Waals surface area contributed by atoms with E-state index >= 15 is 0 Å². The minimum Gasteiger partial charge on any atom is -0.497 e. The van der Waals surface area contributed by atoms with Gasteiger partial charge in [0.15, 0.2) is 0 Å². The zero-order valence-corrected chi connectivity index (χ0v) is 13.4. The van der Waals surface area contributed by atoms with Crippen molar-refractivity contribution in [2.75, 3.05) is 13.7 Å². The number of imidazole rings is 1. The second kappa shape index (κ2) is 7.64. The van der Waals surface area contributed by atoms with Gasteiger partial charge < -0.3 is 14.6 Å². The predicted molar refractivity (Wildman–Crippen MR) is 85.9 cm³/mol. The highest BCUT2D eigenvalue weighted by atomic mass is 16.5. The van der Waals surface area contributed by atoms with Crippen LogP contribution in [0.5, 0.6) is 5.75 Å². The Morgan fingerprint density at radius 2 is 2.09 bits per heavy atom. The van der Waals surface area contributed by atoms with E-state index in [1.54, 1.807) is 13.4 Å². The molecule has 1 aromatic heterocycles. The minimum atomic E-state index is 0.0687. The van der Waals surface area contributed by atoms with E-state index in [9.17, 15) is 4.79 Å². The summed E-state index contributed by atoms with van der Waals surface area (Å²) in [5.74, 6) is 1.08. The van der Waals surface area contributed by atoms with Gasteiger partial charge in [-0.15, -0.1) is 0 Å². The van der Waals surface area contributed by atoms with E-state index in [-0.39, 0.29) is 11.8 Å². The van der Waals surface area contributed by atoms with E-state index in [1.165, 1.54) is 0 Å². The molecule has 0 aliphatic heterocycles. The number of nitrogens with one attached hydrogen (secondary N) is 1. The van der Waals surface area contributed by atoms with Crippen LogP contribution in [0.25, 0.3) is 0 Å². The molecule has 0 spiro atoms. The normalized spacial score (nSPS) is 12.0. The van der Waals surface area contributed by atoms with E-state index in [2.05, 4.69) is 17.2 Å². The van der Waals surface area contributed by atoms with Gasteiger partial charge in [-0.1, -0.05) is 19.1 Å². The Morgan fingerprint density at radius 1 is 1.36 bits per heavy atom. The molecule has 0 saturated carbocycles. The Kier molecular flexibility index (Phi) is 5.58. The van der Waals surface area contributed by atoms with Crippen LogP contribution in [-0.2, 0) is 18.3 Å². The molecule has 2 rings (SSSR count). The van der Waals surface area contributed by atoms with Gasteiger partial charge in [-0.25, -0.2) is 4.98 Å². The topological polar surface area (TPSA) is 56.1 Å². The van der Waals surface area contributed by atoms with Crippen LogP contribution >= 0.6 is 0 Å². The van der Waals surface area contributed by atoms with Gasteiger partial charge >= 0.3 is 0 Å². The summed E-state index contributed by atoms with van der Waals surface area (Å²) in [7, 11) is 3.58. The lowest BCUT2D eigenvalue weighted by Crippen LogP contribution is -2.26. The molecule has 5 nitrogen and oxygen atoms in total. The number of hydrogen-bond acceptors (Lipinski definition) is 3. The average molecular weight is 301 g/mol. The van der Waals surface area contributed by atoms with Gasteiger partial charge in [0.05, 0.1) is 19.1 Å². The van der Waals surface area contributed by atoms with Crippen LogP contribution in [0, 0.1) is 0 Å². The highest BCUT2D eigenvalue weighted by Crippen LogP contribution is 2.21. The van der Waals surface area contributed by atoms with Crippen LogP contribution < -0.4 is 10.1 Å². The maximum absolute atomic E-state index is 12.0. The molecule has 118 valence electrons. The summed E-state index contributed by atoms with van der Waals surface area (Å²) in [6.07, 6.45) is 4.97. The Hall–Kier alpha value is -2.30. The summed E-state index contributed by atoms with van der Waals surface area (Å²) in [6, 6.07) is 7.85. The number of benzene rings is 1. The molecule has 0 saturated heterocycles. The van der Waals surface area contributed by atoms with Crippen molar-refractivity contribution in [3.63, 3.8) is 0 Å². The van der Waals surface area contributed by atoms with E-state index in [0.29, 0.717) is 13.0 Å². The van der Waals surface area contributed by atoms with Crippen LogP contribution in [0.2, 0.25) is 0 Å². The van der Waals surface area contributed by atoms with Crippen LogP contribution in [0.1, 0.15) is 30.5 Å². The SMILES string of the molecule is COc1ccc(C(C)CC(=O)NCCc2cn(C)cn2)cc1. The molecular formula is C17H23N3O2. The fourth-order valence-corrected chi connectivity index (χ4v) is 2.33. The molecule has 1 heterocycles. The largest absolute Gasteiger partial charge is 0.497 e. The fourth-order valence-electron chi connectivity index (χ4n) is 2.33. The summed E-state index contributed by atoms with van der Waals surface area (Å²) in [5, 5.41) is 2.95. The van der Waals surface area contributed by atoms with Gasteiger partial charge in [0, 0.05) is 32.6 Å². The first-order chi connectivity index (χ1) is 10.6. The lowest BCUT2D eigenvalue weighted by Gasteiger charge is -2.12. The van der Waals surface area contributed by atoms with Gasteiger partial charge in [0.25, 0.3) is 0 Å². The van der Waals surface area contributed by atoms with Gasteiger partial charge in [-0.05, 0) is 23.6 Å². The molecule has 0 fully saturated rings. The van der Waals surface area contributed by atoms with Crippen molar-refractivity contribution in [2.45, 2.75) is 25.7 Å². The fraction of sp³-hybridized carbons (Fsp3) is 0.412. The van der Waals surface area contributed by atoms with Crippen molar-refractivity contribution in [3.05, 3.63) is 48.0 Å². The average Bonchev–Trinajstić information content (AvgIpc) is 2.92. The second-order valence-corrected chi connectivity index (χ2v) is 5.51. The highest BCUT2D eigenvalue weighted by Gasteiger charge is 2.11. The summed E-state index contributed by atoms with van der Waals surface area (Å²) in [5.41, 5.74) is 2.13. The third-order valence-electron chi connectivity index (χ3n) is 3.64.